The van der Waals surface area contributed by atoms with Crippen LogP contribution in [0.3, 0.4) is 0 Å². The number of rotatable bonds is 8. The molecule has 1 fully saturated rings. The van der Waals surface area contributed by atoms with Crippen LogP contribution in [-0.2, 0) is 20.8 Å². The third kappa shape index (κ3) is 6.51. The number of nitrogens with zero attached hydrogens (tertiary/aromatic N) is 3. The van der Waals surface area contributed by atoms with Crippen LogP contribution in [0.2, 0.25) is 5.02 Å². The van der Waals surface area contributed by atoms with E-state index in [-0.39, 0.29) is 37.7 Å². The van der Waals surface area contributed by atoms with Crippen LogP contribution in [0.1, 0.15) is 12.0 Å². The van der Waals surface area contributed by atoms with E-state index in [4.69, 9.17) is 17.3 Å². The van der Waals surface area contributed by atoms with E-state index in [1.165, 1.54) is 29.2 Å². The fourth-order valence-electron chi connectivity index (χ4n) is 3.59. The fraction of sp³-hybridized carbons (Fsp3) is 0.348. The second-order valence-electron chi connectivity index (χ2n) is 7.66. The van der Waals surface area contributed by atoms with Gasteiger partial charge in [-0.15, -0.1) is 0 Å². The Kier molecular flexibility index (Phi) is 8.19. The summed E-state index contributed by atoms with van der Waals surface area (Å²) < 4.78 is 13.3. The number of piperazine rings is 1. The van der Waals surface area contributed by atoms with E-state index in [9.17, 15) is 18.8 Å². The van der Waals surface area contributed by atoms with Gasteiger partial charge in [0, 0.05) is 49.9 Å². The lowest BCUT2D eigenvalue weighted by molar-refractivity contribution is -0.132. The molecule has 2 aromatic rings. The van der Waals surface area contributed by atoms with E-state index < -0.39 is 11.7 Å². The molecule has 0 aliphatic carbocycles. The Morgan fingerprint density at radius 1 is 1.00 bits per heavy atom. The fourth-order valence-corrected chi connectivity index (χ4v) is 3.79. The number of hydrogen-bond acceptors (Lipinski definition) is 4. The van der Waals surface area contributed by atoms with Gasteiger partial charge in [0.15, 0.2) is 0 Å². The van der Waals surface area contributed by atoms with Crippen LogP contribution in [0.25, 0.3) is 0 Å². The summed E-state index contributed by atoms with van der Waals surface area (Å²) in [5.74, 6) is -1.14. The Morgan fingerprint density at radius 2 is 1.66 bits per heavy atom. The first kappa shape index (κ1) is 23.7. The molecule has 0 unspecified atom stereocenters. The van der Waals surface area contributed by atoms with Crippen molar-refractivity contribution in [1.29, 1.82) is 0 Å². The van der Waals surface area contributed by atoms with Gasteiger partial charge in [-0.1, -0.05) is 29.8 Å². The van der Waals surface area contributed by atoms with Crippen molar-refractivity contribution in [1.82, 2.24) is 9.80 Å². The maximum absolute atomic E-state index is 13.3. The van der Waals surface area contributed by atoms with Crippen LogP contribution in [0.5, 0.6) is 0 Å². The topological polar surface area (TPSA) is 86.9 Å². The maximum Gasteiger partial charge on any atom is 0.241 e. The molecule has 0 spiro atoms. The van der Waals surface area contributed by atoms with Gasteiger partial charge in [0.1, 0.15) is 5.82 Å². The smallest absolute Gasteiger partial charge is 0.241 e. The lowest BCUT2D eigenvalue weighted by atomic mass is 10.1. The molecular formula is C23H26ClFN4O3. The summed E-state index contributed by atoms with van der Waals surface area (Å²) in [6.07, 6.45) is 0.248. The predicted octanol–water partition coefficient (Wildman–Crippen LogP) is 2.07. The van der Waals surface area contributed by atoms with Crippen molar-refractivity contribution in [3.63, 3.8) is 0 Å². The molecule has 0 aromatic heterocycles. The van der Waals surface area contributed by atoms with E-state index in [0.29, 0.717) is 36.9 Å². The maximum atomic E-state index is 13.3. The molecule has 2 N–H and O–H groups in total. The molecule has 1 heterocycles. The molecule has 1 aliphatic rings. The minimum atomic E-state index is -0.518. The molecular weight excluding hydrogens is 435 g/mol. The Morgan fingerprint density at radius 3 is 2.28 bits per heavy atom. The monoisotopic (exact) mass is 460 g/mol. The zero-order chi connectivity index (χ0) is 23.1. The number of benzene rings is 2. The average Bonchev–Trinajstić information content (AvgIpc) is 2.77. The number of hydrogen-bond donors (Lipinski definition) is 1. The molecule has 9 heteroatoms. The van der Waals surface area contributed by atoms with Gasteiger partial charge in [-0.3, -0.25) is 19.3 Å². The van der Waals surface area contributed by atoms with Gasteiger partial charge in [0.2, 0.25) is 17.7 Å². The highest BCUT2D eigenvalue weighted by molar-refractivity contribution is 6.31. The summed E-state index contributed by atoms with van der Waals surface area (Å²) in [7, 11) is 0. The van der Waals surface area contributed by atoms with Crippen molar-refractivity contribution >= 4 is 35.0 Å². The van der Waals surface area contributed by atoms with E-state index in [1.807, 2.05) is 23.1 Å². The molecule has 7 nitrogen and oxygen atoms in total. The second-order valence-corrected chi connectivity index (χ2v) is 8.07. The molecule has 0 radical (unpaired) electrons. The van der Waals surface area contributed by atoms with Crippen molar-refractivity contribution < 1.29 is 18.8 Å². The van der Waals surface area contributed by atoms with Crippen molar-refractivity contribution in [3.8, 4) is 0 Å². The van der Waals surface area contributed by atoms with Gasteiger partial charge >= 0.3 is 0 Å². The zero-order valence-corrected chi connectivity index (χ0v) is 18.4. The van der Waals surface area contributed by atoms with Crippen molar-refractivity contribution in [3.05, 3.63) is 64.9 Å². The van der Waals surface area contributed by atoms with Crippen LogP contribution in [0.15, 0.2) is 48.5 Å². The Labute approximate surface area is 191 Å². The highest BCUT2D eigenvalue weighted by Crippen LogP contribution is 2.18. The number of anilines is 1. The SMILES string of the molecule is NC(=O)CCN(C(=O)CN1CCN(C(=O)Cc2ccccc2Cl)CC1)c1ccc(F)cc1. The third-order valence-electron chi connectivity index (χ3n) is 5.40. The molecule has 1 aliphatic heterocycles. The highest BCUT2D eigenvalue weighted by Gasteiger charge is 2.25. The summed E-state index contributed by atoms with van der Waals surface area (Å²) in [5, 5.41) is 0.571. The first-order valence-electron chi connectivity index (χ1n) is 10.4. The van der Waals surface area contributed by atoms with Gasteiger partial charge < -0.3 is 15.5 Å². The minimum Gasteiger partial charge on any atom is -0.370 e. The Bertz CT molecular complexity index is 962. The standard InChI is InChI=1S/C23H26ClFN4O3/c24-20-4-2-1-3-17(20)15-22(31)28-13-11-27(12-14-28)16-23(32)29(10-9-21(26)30)19-7-5-18(25)6-8-19/h1-8H,9-16H2,(H2,26,30). The number of carbonyl (C=O) groups is 3. The van der Waals surface area contributed by atoms with E-state index in [0.717, 1.165) is 5.56 Å². The summed E-state index contributed by atoms with van der Waals surface area (Å²) in [4.78, 5) is 42.0. The molecule has 1 saturated heterocycles. The lowest BCUT2D eigenvalue weighted by Gasteiger charge is -2.35. The Hall–Kier alpha value is -2.97. The lowest BCUT2D eigenvalue weighted by Crippen LogP contribution is -2.52. The molecule has 0 saturated carbocycles. The summed E-state index contributed by atoms with van der Waals surface area (Å²) in [5.41, 5.74) is 6.54. The van der Waals surface area contributed by atoms with Gasteiger partial charge in [0.05, 0.1) is 13.0 Å². The molecule has 170 valence electrons. The molecule has 0 bridgehead atoms. The van der Waals surface area contributed by atoms with Crippen LogP contribution in [-0.4, -0.2) is 66.8 Å². The number of nitrogens with two attached hydrogens (primary N) is 1. The van der Waals surface area contributed by atoms with Crippen LogP contribution in [0.4, 0.5) is 10.1 Å². The van der Waals surface area contributed by atoms with E-state index in [1.54, 1.807) is 11.0 Å². The summed E-state index contributed by atoms with van der Waals surface area (Å²) in [6.45, 7) is 2.36. The van der Waals surface area contributed by atoms with E-state index in [2.05, 4.69) is 0 Å². The first-order valence-corrected chi connectivity index (χ1v) is 10.8. The molecule has 2 aromatic carbocycles. The predicted molar refractivity (Wildman–Crippen MR) is 121 cm³/mol. The summed E-state index contributed by atoms with van der Waals surface area (Å²) in [6, 6.07) is 12.8. The third-order valence-corrected chi connectivity index (χ3v) is 5.77. The normalized spacial score (nSPS) is 14.2. The number of carbonyl (C=O) groups excluding carboxylic acids is 3. The highest BCUT2D eigenvalue weighted by atomic mass is 35.5. The van der Waals surface area contributed by atoms with Gasteiger partial charge in [-0.2, -0.15) is 0 Å². The van der Waals surface area contributed by atoms with Gasteiger partial charge in [-0.05, 0) is 35.9 Å². The van der Waals surface area contributed by atoms with Crippen molar-refractivity contribution in [2.75, 3.05) is 44.2 Å². The first-order chi connectivity index (χ1) is 15.3. The van der Waals surface area contributed by atoms with Crippen LogP contribution >= 0.6 is 11.6 Å². The average molecular weight is 461 g/mol. The van der Waals surface area contributed by atoms with Crippen LogP contribution < -0.4 is 10.6 Å². The largest absolute Gasteiger partial charge is 0.370 e. The Balaban J connectivity index is 1.55. The van der Waals surface area contributed by atoms with Crippen molar-refractivity contribution in [2.45, 2.75) is 12.8 Å². The van der Waals surface area contributed by atoms with Gasteiger partial charge in [-0.25, -0.2) is 4.39 Å². The minimum absolute atomic E-state index is 0.00141. The zero-order valence-electron chi connectivity index (χ0n) is 17.7. The number of halogens is 2. The second kappa shape index (κ2) is 11.1. The number of primary amides is 1. The van der Waals surface area contributed by atoms with Crippen molar-refractivity contribution in [2.24, 2.45) is 5.73 Å². The molecule has 32 heavy (non-hydrogen) atoms. The summed E-state index contributed by atoms with van der Waals surface area (Å²) >= 11 is 6.15. The van der Waals surface area contributed by atoms with Crippen LogP contribution in [0, 0.1) is 5.82 Å². The molecule has 3 rings (SSSR count). The quantitative estimate of drug-likeness (QED) is 0.653. The molecule has 3 amide bonds. The van der Waals surface area contributed by atoms with E-state index >= 15 is 0 Å². The van der Waals surface area contributed by atoms with Gasteiger partial charge in [0.25, 0.3) is 0 Å². The number of amides is 3. The molecule has 0 atom stereocenters.